The van der Waals surface area contributed by atoms with E-state index in [9.17, 15) is 14.4 Å². The highest BCUT2D eigenvalue weighted by molar-refractivity contribution is 6.01. The van der Waals surface area contributed by atoms with Crippen molar-refractivity contribution in [3.8, 4) is 0 Å². The predicted molar refractivity (Wildman–Crippen MR) is 116 cm³/mol. The molecule has 178 valence electrons. The van der Waals surface area contributed by atoms with Gasteiger partial charge in [0.2, 0.25) is 5.78 Å². The van der Waals surface area contributed by atoms with Crippen molar-refractivity contribution in [1.29, 1.82) is 0 Å². The van der Waals surface area contributed by atoms with Gasteiger partial charge >= 0.3 is 5.97 Å². The second-order valence-corrected chi connectivity index (χ2v) is 11.7. The molecular formula is C26H32O7. The van der Waals surface area contributed by atoms with Crippen LogP contribution in [-0.4, -0.2) is 53.3 Å². The second-order valence-electron chi connectivity index (χ2n) is 11.7. The van der Waals surface area contributed by atoms with Crippen LogP contribution in [0.1, 0.15) is 60.3 Å². The molecule has 1 spiro atoms. The monoisotopic (exact) mass is 456 g/mol. The number of fused-ring (bicyclic) bond motifs is 5. The molecule has 6 aliphatic rings. The van der Waals surface area contributed by atoms with Crippen molar-refractivity contribution in [2.24, 2.45) is 22.7 Å². The lowest BCUT2D eigenvalue weighted by Gasteiger charge is -2.56. The third-order valence-corrected chi connectivity index (χ3v) is 9.75. The second kappa shape index (κ2) is 6.23. The summed E-state index contributed by atoms with van der Waals surface area (Å²) < 4.78 is 24.6. The molecule has 0 unspecified atom stereocenters. The maximum Gasteiger partial charge on any atom is 0.303 e. The minimum absolute atomic E-state index is 0.0280. The zero-order chi connectivity index (χ0) is 23.6. The van der Waals surface area contributed by atoms with Crippen LogP contribution in [0, 0.1) is 22.7 Å². The summed E-state index contributed by atoms with van der Waals surface area (Å²) in [6.07, 6.45) is 8.21. The normalized spacial score (nSPS) is 50.3. The van der Waals surface area contributed by atoms with Gasteiger partial charge in [-0.15, -0.1) is 0 Å². The number of esters is 1. The van der Waals surface area contributed by atoms with Crippen LogP contribution in [0.25, 0.3) is 0 Å². The molecule has 4 aliphatic carbocycles. The average Bonchev–Trinajstić information content (AvgIpc) is 3.30. The summed E-state index contributed by atoms with van der Waals surface area (Å²) in [6, 6.07) is 0. The molecule has 2 aliphatic heterocycles. The molecule has 5 fully saturated rings. The van der Waals surface area contributed by atoms with Gasteiger partial charge in [0.05, 0.1) is 12.2 Å². The fourth-order valence-electron chi connectivity index (χ4n) is 8.52. The molecule has 0 aromatic carbocycles. The SMILES string of the molecule is CC(=O)OCC(=O)[C@@]12OC(C)(C)O[C@@H]1C[C@H]1[C@@H]3CCC4=CC(=O)C=C[C@]4(C)[C@]34O[C@@H]4C[C@@]12C. The van der Waals surface area contributed by atoms with Gasteiger partial charge in [0, 0.05) is 17.8 Å². The van der Waals surface area contributed by atoms with Crippen LogP contribution in [0.5, 0.6) is 0 Å². The van der Waals surface area contributed by atoms with E-state index in [1.54, 1.807) is 12.2 Å². The molecule has 0 aromatic heterocycles. The molecule has 7 nitrogen and oxygen atoms in total. The van der Waals surface area contributed by atoms with Gasteiger partial charge in [-0.3, -0.25) is 14.4 Å². The van der Waals surface area contributed by atoms with Crippen LogP contribution in [0.4, 0.5) is 0 Å². The number of hydrogen-bond acceptors (Lipinski definition) is 7. The first-order chi connectivity index (χ1) is 15.4. The van der Waals surface area contributed by atoms with Gasteiger partial charge in [-0.2, -0.15) is 0 Å². The molecule has 7 heteroatoms. The van der Waals surface area contributed by atoms with Crippen LogP contribution >= 0.6 is 0 Å². The number of carbonyl (C=O) groups is 3. The Kier molecular flexibility index (Phi) is 4.10. The van der Waals surface area contributed by atoms with E-state index in [1.807, 2.05) is 19.9 Å². The summed E-state index contributed by atoms with van der Waals surface area (Å²) in [5, 5.41) is 0. The zero-order valence-electron chi connectivity index (χ0n) is 19.9. The van der Waals surface area contributed by atoms with E-state index in [4.69, 9.17) is 18.9 Å². The Morgan fingerprint density at radius 2 is 1.88 bits per heavy atom. The molecule has 0 aromatic rings. The molecule has 3 saturated carbocycles. The van der Waals surface area contributed by atoms with Crippen molar-refractivity contribution in [3.05, 3.63) is 23.8 Å². The summed E-state index contributed by atoms with van der Waals surface area (Å²) >= 11 is 0. The number of rotatable bonds is 3. The van der Waals surface area contributed by atoms with Gasteiger partial charge < -0.3 is 18.9 Å². The molecule has 0 N–H and O–H groups in total. The summed E-state index contributed by atoms with van der Waals surface area (Å²) in [4.78, 5) is 37.3. The molecule has 8 atom stereocenters. The highest BCUT2D eigenvalue weighted by Crippen LogP contribution is 2.77. The first-order valence-corrected chi connectivity index (χ1v) is 12.1. The smallest absolute Gasteiger partial charge is 0.303 e. The van der Waals surface area contributed by atoms with E-state index in [1.165, 1.54) is 6.92 Å². The fraction of sp³-hybridized carbons (Fsp3) is 0.731. The predicted octanol–water partition coefficient (Wildman–Crippen LogP) is 3.06. The first-order valence-electron chi connectivity index (χ1n) is 12.1. The minimum atomic E-state index is -1.18. The van der Waals surface area contributed by atoms with Crippen molar-refractivity contribution < 1.29 is 33.3 Å². The maximum atomic E-state index is 13.7. The van der Waals surface area contributed by atoms with Gasteiger partial charge in [-0.05, 0) is 70.4 Å². The highest BCUT2D eigenvalue weighted by atomic mass is 16.8. The Bertz CT molecular complexity index is 1040. The molecular weight excluding hydrogens is 424 g/mol. The van der Waals surface area contributed by atoms with Crippen molar-refractivity contribution >= 4 is 17.5 Å². The lowest BCUT2D eigenvalue weighted by atomic mass is 9.46. The van der Waals surface area contributed by atoms with Crippen molar-refractivity contribution in [2.75, 3.05) is 6.61 Å². The summed E-state index contributed by atoms with van der Waals surface area (Å²) in [5.41, 5.74) is -1.20. The Morgan fingerprint density at radius 3 is 2.61 bits per heavy atom. The summed E-state index contributed by atoms with van der Waals surface area (Å²) in [7, 11) is 0. The van der Waals surface area contributed by atoms with Crippen LogP contribution in [0.2, 0.25) is 0 Å². The van der Waals surface area contributed by atoms with Gasteiger partial charge in [0.25, 0.3) is 0 Å². The number of ether oxygens (including phenoxy) is 4. The first kappa shape index (κ1) is 21.7. The fourth-order valence-corrected chi connectivity index (χ4v) is 8.52. The minimum Gasteiger partial charge on any atom is -0.458 e. The van der Waals surface area contributed by atoms with Gasteiger partial charge in [-0.1, -0.05) is 18.6 Å². The zero-order valence-corrected chi connectivity index (χ0v) is 19.9. The topological polar surface area (TPSA) is 91.4 Å². The number of hydrogen-bond donors (Lipinski definition) is 0. The Morgan fingerprint density at radius 1 is 1.12 bits per heavy atom. The molecule has 0 radical (unpaired) electrons. The summed E-state index contributed by atoms with van der Waals surface area (Å²) in [6.45, 7) is 9.02. The van der Waals surface area contributed by atoms with Crippen LogP contribution in [0.15, 0.2) is 23.8 Å². The van der Waals surface area contributed by atoms with E-state index >= 15 is 0 Å². The van der Waals surface area contributed by atoms with E-state index in [-0.39, 0.29) is 47.1 Å². The lowest BCUT2D eigenvalue weighted by Crippen LogP contribution is -2.63. The number of Topliss-reactive ketones (excluding diaryl/α,β-unsaturated/α-hetero) is 1. The number of allylic oxidation sites excluding steroid dienone is 2. The Hall–Kier alpha value is -1.83. The van der Waals surface area contributed by atoms with Crippen LogP contribution < -0.4 is 0 Å². The van der Waals surface area contributed by atoms with Crippen molar-refractivity contribution in [1.82, 2.24) is 0 Å². The maximum absolute atomic E-state index is 13.7. The lowest BCUT2D eigenvalue weighted by molar-refractivity contribution is -0.212. The number of epoxide rings is 1. The Labute approximate surface area is 193 Å². The van der Waals surface area contributed by atoms with E-state index in [0.717, 1.165) is 18.4 Å². The van der Waals surface area contributed by atoms with E-state index < -0.39 is 28.9 Å². The van der Waals surface area contributed by atoms with Crippen LogP contribution in [-0.2, 0) is 33.3 Å². The van der Waals surface area contributed by atoms with E-state index in [2.05, 4.69) is 13.8 Å². The molecule has 33 heavy (non-hydrogen) atoms. The van der Waals surface area contributed by atoms with E-state index in [0.29, 0.717) is 12.8 Å². The third kappa shape index (κ3) is 2.43. The molecule has 6 rings (SSSR count). The largest absolute Gasteiger partial charge is 0.458 e. The van der Waals surface area contributed by atoms with Crippen molar-refractivity contribution in [2.45, 2.75) is 89.5 Å². The Balaban J connectivity index is 1.42. The molecule has 0 amide bonds. The molecule has 2 saturated heterocycles. The van der Waals surface area contributed by atoms with Gasteiger partial charge in [-0.25, -0.2) is 0 Å². The average molecular weight is 457 g/mol. The highest BCUT2D eigenvalue weighted by Gasteiger charge is 2.84. The number of ketones is 2. The number of carbonyl (C=O) groups excluding carboxylic acids is 3. The van der Waals surface area contributed by atoms with Crippen molar-refractivity contribution in [3.63, 3.8) is 0 Å². The van der Waals surface area contributed by atoms with Gasteiger partial charge in [0.15, 0.2) is 23.8 Å². The van der Waals surface area contributed by atoms with Crippen LogP contribution in [0.3, 0.4) is 0 Å². The quantitative estimate of drug-likeness (QED) is 0.476. The third-order valence-electron chi connectivity index (χ3n) is 9.75. The standard InChI is InChI=1S/C26H32O7/c1-14(27)30-13-19(29)26-20(31-22(2,3)33-26)11-18-17-7-6-15-10-16(28)8-9-23(15,4)25(17)21(32-25)12-24(18,26)5/h8-10,17-18,20-21H,6-7,11-13H2,1-5H3/t17-,18-,20+,21+,23-,24-,25-,26+/m0/s1. The summed E-state index contributed by atoms with van der Waals surface area (Å²) in [5.74, 6) is -1.18. The van der Waals surface area contributed by atoms with Gasteiger partial charge in [0.1, 0.15) is 5.60 Å². The molecule has 2 heterocycles. The molecule has 0 bridgehead atoms.